The summed E-state index contributed by atoms with van der Waals surface area (Å²) in [7, 11) is 0. The number of hydrazone groups is 1. The highest BCUT2D eigenvalue weighted by atomic mass is 79.9. The normalized spacial score (nSPS) is 10.9. The molecule has 0 saturated heterocycles. The van der Waals surface area contributed by atoms with Crippen molar-refractivity contribution in [1.82, 2.24) is 15.2 Å². The average Bonchev–Trinajstić information content (AvgIpc) is 3.15. The second-order valence-corrected chi connectivity index (χ2v) is 6.99. The fraction of sp³-hybridized carbons (Fsp3) is 0.0952. The minimum absolute atomic E-state index is 0.124. The second kappa shape index (κ2) is 9.14. The Morgan fingerprint density at radius 1 is 1.25 bits per heavy atom. The molecule has 0 aliphatic rings. The Balaban J connectivity index is 1.62. The second-order valence-electron chi connectivity index (χ2n) is 6.07. The third kappa shape index (κ3) is 4.95. The fourth-order valence-corrected chi connectivity index (χ4v) is 2.87. The number of allylic oxidation sites excluding steroid dienone is 1. The van der Waals surface area contributed by atoms with E-state index in [2.05, 4.69) is 38.1 Å². The van der Waals surface area contributed by atoms with Crippen molar-refractivity contribution < 1.29 is 9.90 Å². The highest BCUT2D eigenvalue weighted by Gasteiger charge is 2.09. The number of hydrogen-bond acceptors (Lipinski definition) is 4. The van der Waals surface area contributed by atoms with Crippen LogP contribution in [0.25, 0.3) is 0 Å². The van der Waals surface area contributed by atoms with Crippen molar-refractivity contribution in [2.45, 2.75) is 13.0 Å². The summed E-state index contributed by atoms with van der Waals surface area (Å²) in [6, 6.07) is 14.9. The van der Waals surface area contributed by atoms with Crippen LogP contribution in [0.2, 0.25) is 0 Å². The smallest absolute Gasteiger partial charge is 0.291 e. The Bertz CT molecular complexity index is 1010. The maximum absolute atomic E-state index is 12.2. The molecule has 0 saturated carbocycles. The lowest BCUT2D eigenvalue weighted by molar-refractivity contribution is 0.0949. The van der Waals surface area contributed by atoms with Gasteiger partial charge in [-0.15, -0.1) is 6.58 Å². The maximum atomic E-state index is 12.2. The molecular formula is C21H19BrN4O2. The molecule has 1 aromatic heterocycles. The fourth-order valence-electron chi connectivity index (χ4n) is 2.60. The molecule has 28 heavy (non-hydrogen) atoms. The topological polar surface area (TPSA) is 79.5 Å². The molecule has 7 heteroatoms. The lowest BCUT2D eigenvalue weighted by Crippen LogP contribution is -2.18. The van der Waals surface area contributed by atoms with E-state index in [1.165, 1.54) is 6.21 Å². The molecule has 0 aliphatic heterocycles. The predicted octanol–water partition coefficient (Wildman–Crippen LogP) is 3.89. The van der Waals surface area contributed by atoms with Gasteiger partial charge in [-0.25, -0.2) is 5.43 Å². The van der Waals surface area contributed by atoms with Crippen molar-refractivity contribution in [1.29, 1.82) is 0 Å². The van der Waals surface area contributed by atoms with Gasteiger partial charge < -0.3 is 5.11 Å². The summed E-state index contributed by atoms with van der Waals surface area (Å²) >= 11 is 3.40. The van der Waals surface area contributed by atoms with Gasteiger partial charge in [0.05, 0.1) is 12.8 Å². The minimum atomic E-state index is -0.424. The standard InChI is InChI=1S/C21H19BrN4O2/c1-2-4-16-5-3-6-17(20(16)27)13-23-24-21(28)19-11-12-26(25-19)14-15-7-9-18(22)10-8-15/h2-3,5-13,27H,1,4,14H2,(H,24,28)/b23-13+. The summed E-state index contributed by atoms with van der Waals surface area (Å²) in [5, 5.41) is 18.4. The largest absolute Gasteiger partial charge is 0.507 e. The van der Waals surface area contributed by atoms with Gasteiger partial charge in [-0.1, -0.05) is 46.3 Å². The lowest BCUT2D eigenvalue weighted by atomic mass is 10.1. The Kier molecular flexibility index (Phi) is 6.39. The van der Waals surface area contributed by atoms with Crippen LogP contribution >= 0.6 is 15.9 Å². The van der Waals surface area contributed by atoms with Gasteiger partial charge in [0.2, 0.25) is 0 Å². The Hall–Kier alpha value is -3.19. The van der Waals surface area contributed by atoms with Gasteiger partial charge in [0.1, 0.15) is 5.75 Å². The molecule has 0 aliphatic carbocycles. The van der Waals surface area contributed by atoms with E-state index in [-0.39, 0.29) is 11.4 Å². The van der Waals surface area contributed by atoms with Crippen LogP contribution < -0.4 is 5.43 Å². The zero-order chi connectivity index (χ0) is 19.9. The van der Waals surface area contributed by atoms with Gasteiger partial charge in [0.15, 0.2) is 5.69 Å². The maximum Gasteiger partial charge on any atom is 0.291 e. The first-order chi connectivity index (χ1) is 13.6. The lowest BCUT2D eigenvalue weighted by Gasteiger charge is -2.04. The van der Waals surface area contributed by atoms with Crippen molar-refractivity contribution in [2.24, 2.45) is 5.10 Å². The Labute approximate surface area is 171 Å². The summed E-state index contributed by atoms with van der Waals surface area (Å²) in [4.78, 5) is 12.2. The monoisotopic (exact) mass is 438 g/mol. The Morgan fingerprint density at radius 3 is 2.79 bits per heavy atom. The zero-order valence-electron chi connectivity index (χ0n) is 15.0. The zero-order valence-corrected chi connectivity index (χ0v) is 16.6. The molecule has 1 heterocycles. The number of nitrogens with zero attached hydrogens (tertiary/aromatic N) is 3. The summed E-state index contributed by atoms with van der Waals surface area (Å²) in [5.41, 5.74) is 5.03. The molecule has 3 rings (SSSR count). The summed E-state index contributed by atoms with van der Waals surface area (Å²) < 4.78 is 2.70. The number of carbonyl (C=O) groups is 1. The van der Waals surface area contributed by atoms with Gasteiger partial charge in [-0.2, -0.15) is 10.2 Å². The number of aromatic hydroxyl groups is 1. The van der Waals surface area contributed by atoms with Crippen LogP contribution in [0.15, 0.2) is 77.0 Å². The highest BCUT2D eigenvalue weighted by molar-refractivity contribution is 9.10. The van der Waals surface area contributed by atoms with Crippen molar-refractivity contribution in [2.75, 3.05) is 0 Å². The number of benzene rings is 2. The van der Waals surface area contributed by atoms with Crippen molar-refractivity contribution in [3.05, 3.63) is 94.2 Å². The van der Waals surface area contributed by atoms with Crippen LogP contribution in [0.3, 0.4) is 0 Å². The van der Waals surface area contributed by atoms with E-state index in [1.807, 2.05) is 36.4 Å². The van der Waals surface area contributed by atoms with E-state index in [0.717, 1.165) is 15.6 Å². The first kappa shape index (κ1) is 19.6. The number of amides is 1. The third-order valence-electron chi connectivity index (χ3n) is 4.02. The van der Waals surface area contributed by atoms with E-state index >= 15 is 0 Å². The van der Waals surface area contributed by atoms with Crippen LogP contribution in [0.4, 0.5) is 0 Å². The number of carbonyl (C=O) groups excluding carboxylic acids is 1. The van der Waals surface area contributed by atoms with E-state index in [1.54, 1.807) is 29.1 Å². The van der Waals surface area contributed by atoms with E-state index in [0.29, 0.717) is 18.5 Å². The van der Waals surface area contributed by atoms with Crippen LogP contribution in [0, 0.1) is 0 Å². The van der Waals surface area contributed by atoms with E-state index in [4.69, 9.17) is 0 Å². The number of para-hydroxylation sites is 1. The van der Waals surface area contributed by atoms with Gasteiger partial charge in [0.25, 0.3) is 5.91 Å². The molecule has 2 N–H and O–H groups in total. The van der Waals surface area contributed by atoms with E-state index in [9.17, 15) is 9.90 Å². The molecule has 3 aromatic rings. The predicted molar refractivity (Wildman–Crippen MR) is 113 cm³/mol. The van der Waals surface area contributed by atoms with Crippen LogP contribution in [-0.2, 0) is 13.0 Å². The summed E-state index contributed by atoms with van der Waals surface area (Å²) in [6.07, 6.45) is 5.40. The molecule has 1 amide bonds. The summed E-state index contributed by atoms with van der Waals surface area (Å²) in [5.74, 6) is -0.299. The van der Waals surface area contributed by atoms with Crippen molar-refractivity contribution in [3.63, 3.8) is 0 Å². The molecule has 6 nitrogen and oxygen atoms in total. The molecule has 0 atom stereocenters. The van der Waals surface area contributed by atoms with Crippen LogP contribution in [-0.4, -0.2) is 27.0 Å². The summed E-state index contributed by atoms with van der Waals surface area (Å²) in [6.45, 7) is 4.23. The number of halogens is 1. The molecule has 142 valence electrons. The molecule has 0 fully saturated rings. The average molecular weight is 439 g/mol. The van der Waals surface area contributed by atoms with Gasteiger partial charge in [-0.05, 0) is 41.8 Å². The number of nitrogens with one attached hydrogen (secondary N) is 1. The third-order valence-corrected chi connectivity index (χ3v) is 4.54. The van der Waals surface area contributed by atoms with Crippen molar-refractivity contribution in [3.8, 4) is 5.75 Å². The molecule has 2 aromatic carbocycles. The minimum Gasteiger partial charge on any atom is -0.507 e. The van der Waals surface area contributed by atoms with Crippen molar-refractivity contribution >= 4 is 28.1 Å². The Morgan fingerprint density at radius 2 is 2.04 bits per heavy atom. The molecular weight excluding hydrogens is 420 g/mol. The number of aromatic nitrogens is 2. The molecule has 0 radical (unpaired) electrons. The van der Waals surface area contributed by atoms with E-state index < -0.39 is 5.91 Å². The SMILES string of the molecule is C=CCc1cccc(/C=N/NC(=O)c2ccn(Cc3ccc(Br)cc3)n2)c1O. The highest BCUT2D eigenvalue weighted by Crippen LogP contribution is 2.21. The number of phenolic OH excluding ortho intramolecular Hbond substituents is 1. The van der Waals surface area contributed by atoms with Gasteiger partial charge in [-0.3, -0.25) is 9.48 Å². The first-order valence-electron chi connectivity index (χ1n) is 8.60. The number of hydrogen-bond donors (Lipinski definition) is 2. The van der Waals surface area contributed by atoms with Gasteiger partial charge >= 0.3 is 0 Å². The molecule has 0 bridgehead atoms. The quantitative estimate of drug-likeness (QED) is 0.333. The van der Waals surface area contributed by atoms with Gasteiger partial charge in [0, 0.05) is 16.2 Å². The van der Waals surface area contributed by atoms with Crippen LogP contribution in [0.5, 0.6) is 5.75 Å². The van der Waals surface area contributed by atoms with Crippen LogP contribution in [0.1, 0.15) is 27.2 Å². The molecule has 0 spiro atoms. The molecule has 0 unspecified atom stereocenters. The number of rotatable bonds is 7. The number of phenols is 1. The first-order valence-corrected chi connectivity index (χ1v) is 9.39.